The summed E-state index contributed by atoms with van der Waals surface area (Å²) in [6, 6.07) is 18.2. The number of hydrogen-bond acceptors (Lipinski definition) is 3. The molecule has 4 aromatic rings. The molecular weight excluding hydrogens is 388 g/mol. The zero-order valence-corrected chi connectivity index (χ0v) is 18.1. The van der Waals surface area contributed by atoms with Gasteiger partial charge in [0.1, 0.15) is 5.75 Å². The first kappa shape index (κ1) is 19.4. The summed E-state index contributed by atoms with van der Waals surface area (Å²) in [6.07, 6.45) is 0.846. The molecule has 6 heteroatoms. The minimum absolute atomic E-state index is 0.00302. The maximum Gasteiger partial charge on any atom is 0.254 e. The number of aromatic nitrogens is 3. The maximum absolute atomic E-state index is 13.6. The third-order valence-corrected chi connectivity index (χ3v) is 6.14. The number of rotatable bonds is 5. The van der Waals surface area contributed by atoms with Crippen LogP contribution in [0.3, 0.4) is 0 Å². The molecule has 6 nitrogen and oxygen atoms in total. The first-order chi connectivity index (χ1) is 15.0. The minimum atomic E-state index is 0.00302. The Morgan fingerprint density at radius 1 is 1.10 bits per heavy atom. The van der Waals surface area contributed by atoms with Gasteiger partial charge in [-0.2, -0.15) is 5.10 Å². The number of amides is 1. The molecule has 0 saturated heterocycles. The summed E-state index contributed by atoms with van der Waals surface area (Å²) < 4.78 is 9.62. The van der Waals surface area contributed by atoms with E-state index in [9.17, 15) is 4.79 Å². The summed E-state index contributed by atoms with van der Waals surface area (Å²) in [5.74, 6) is 0.889. The highest BCUT2D eigenvalue weighted by Gasteiger charge is 2.22. The molecule has 2 aromatic heterocycles. The van der Waals surface area contributed by atoms with Crippen LogP contribution in [-0.2, 0) is 33.6 Å². The number of carbonyl (C=O) groups is 1. The van der Waals surface area contributed by atoms with Gasteiger partial charge in [0.15, 0.2) is 0 Å². The van der Waals surface area contributed by atoms with Gasteiger partial charge in [0.05, 0.1) is 25.4 Å². The zero-order valence-electron chi connectivity index (χ0n) is 18.1. The van der Waals surface area contributed by atoms with E-state index in [1.165, 1.54) is 5.39 Å². The molecule has 0 aliphatic carbocycles. The molecule has 1 aliphatic heterocycles. The van der Waals surface area contributed by atoms with E-state index in [0.29, 0.717) is 25.3 Å². The number of para-hydroxylation sites is 1. The molecule has 0 N–H and O–H groups in total. The molecule has 1 amide bonds. The molecule has 0 atom stereocenters. The van der Waals surface area contributed by atoms with E-state index in [1.54, 1.807) is 0 Å². The number of benzene rings is 2. The molecule has 0 radical (unpaired) electrons. The lowest BCUT2D eigenvalue weighted by molar-refractivity contribution is 0.0724. The highest BCUT2D eigenvalue weighted by Crippen LogP contribution is 2.27. The van der Waals surface area contributed by atoms with Crippen LogP contribution in [0.4, 0.5) is 0 Å². The molecule has 0 spiro atoms. The molecule has 5 rings (SSSR count). The molecule has 158 valence electrons. The van der Waals surface area contributed by atoms with Crippen LogP contribution in [0.15, 0.2) is 54.6 Å². The largest absolute Gasteiger partial charge is 0.493 e. The van der Waals surface area contributed by atoms with Crippen molar-refractivity contribution in [2.75, 3.05) is 6.61 Å². The van der Waals surface area contributed by atoms with Crippen molar-refractivity contribution in [2.24, 2.45) is 14.1 Å². The Hall–Kier alpha value is -3.54. The van der Waals surface area contributed by atoms with Gasteiger partial charge in [0.25, 0.3) is 5.91 Å². The maximum atomic E-state index is 13.6. The molecule has 3 heterocycles. The number of fused-ring (bicyclic) bond motifs is 2. The molecule has 0 unspecified atom stereocenters. The number of nitrogens with zero attached hydrogens (tertiary/aromatic N) is 4. The minimum Gasteiger partial charge on any atom is -0.493 e. The number of aryl methyl sites for hydroxylation is 3. The van der Waals surface area contributed by atoms with E-state index < -0.39 is 0 Å². The monoisotopic (exact) mass is 414 g/mol. The summed E-state index contributed by atoms with van der Waals surface area (Å²) in [6.45, 7) is 3.66. The summed E-state index contributed by atoms with van der Waals surface area (Å²) in [7, 11) is 3.98. The van der Waals surface area contributed by atoms with Gasteiger partial charge in [-0.1, -0.05) is 18.2 Å². The fourth-order valence-electron chi connectivity index (χ4n) is 4.30. The van der Waals surface area contributed by atoms with Gasteiger partial charge in [0.2, 0.25) is 0 Å². The van der Waals surface area contributed by atoms with Crippen molar-refractivity contribution >= 4 is 16.8 Å². The topological polar surface area (TPSA) is 52.3 Å². The van der Waals surface area contributed by atoms with E-state index in [0.717, 1.165) is 40.3 Å². The van der Waals surface area contributed by atoms with Crippen molar-refractivity contribution in [2.45, 2.75) is 26.4 Å². The van der Waals surface area contributed by atoms with Crippen LogP contribution in [0.1, 0.15) is 33.0 Å². The number of ether oxygens (including phenoxy) is 1. The quantitative estimate of drug-likeness (QED) is 0.496. The Labute approximate surface area is 181 Å². The lowest BCUT2D eigenvalue weighted by Crippen LogP contribution is -2.31. The molecule has 31 heavy (non-hydrogen) atoms. The van der Waals surface area contributed by atoms with Gasteiger partial charge in [0, 0.05) is 43.0 Å². The summed E-state index contributed by atoms with van der Waals surface area (Å²) in [4.78, 5) is 15.5. The van der Waals surface area contributed by atoms with Crippen LogP contribution in [0.5, 0.6) is 5.75 Å². The first-order valence-corrected chi connectivity index (χ1v) is 10.6. The second kappa shape index (κ2) is 7.61. The second-order valence-electron chi connectivity index (χ2n) is 8.24. The van der Waals surface area contributed by atoms with Crippen molar-refractivity contribution in [3.05, 3.63) is 82.8 Å². The fraction of sp³-hybridized carbons (Fsp3) is 0.280. The molecule has 1 aliphatic rings. The highest BCUT2D eigenvalue weighted by atomic mass is 16.5. The van der Waals surface area contributed by atoms with Crippen LogP contribution >= 0.6 is 0 Å². The Bertz CT molecular complexity index is 1260. The van der Waals surface area contributed by atoms with E-state index in [4.69, 9.17) is 4.74 Å². The fourth-order valence-corrected chi connectivity index (χ4v) is 4.30. The molecule has 0 saturated carbocycles. The summed E-state index contributed by atoms with van der Waals surface area (Å²) in [5.41, 5.74) is 6.00. The Balaban J connectivity index is 1.50. The van der Waals surface area contributed by atoms with Gasteiger partial charge in [-0.15, -0.1) is 0 Å². The molecule has 0 fully saturated rings. The lowest BCUT2D eigenvalue weighted by atomic mass is 10.1. The van der Waals surface area contributed by atoms with E-state index in [-0.39, 0.29) is 5.91 Å². The predicted molar refractivity (Wildman–Crippen MR) is 120 cm³/mol. The molecule has 2 aromatic carbocycles. The molecular formula is C25H26N4O2. The Morgan fingerprint density at radius 3 is 2.71 bits per heavy atom. The van der Waals surface area contributed by atoms with Crippen molar-refractivity contribution in [1.82, 2.24) is 19.2 Å². The normalized spacial score (nSPS) is 12.7. The lowest BCUT2D eigenvalue weighted by Gasteiger charge is -2.23. The first-order valence-electron chi connectivity index (χ1n) is 10.6. The van der Waals surface area contributed by atoms with Crippen molar-refractivity contribution in [1.29, 1.82) is 0 Å². The zero-order chi connectivity index (χ0) is 21.5. The smallest absolute Gasteiger partial charge is 0.254 e. The van der Waals surface area contributed by atoms with Crippen LogP contribution in [0.25, 0.3) is 10.9 Å². The Kier molecular flexibility index (Phi) is 4.77. The highest BCUT2D eigenvalue weighted by molar-refractivity contribution is 5.94. The SMILES string of the molecule is Cc1cc(CN(Cc2cc3ccccc3n2C)C(=O)c2ccc3c(c2)CCO3)nn1C. The predicted octanol–water partition coefficient (Wildman–Crippen LogP) is 4.00. The van der Waals surface area contributed by atoms with Crippen LogP contribution in [0, 0.1) is 6.92 Å². The van der Waals surface area contributed by atoms with Crippen LogP contribution in [-0.4, -0.2) is 31.8 Å². The third kappa shape index (κ3) is 3.58. The van der Waals surface area contributed by atoms with Crippen molar-refractivity contribution in [3.63, 3.8) is 0 Å². The molecule has 0 bridgehead atoms. The van der Waals surface area contributed by atoms with E-state index >= 15 is 0 Å². The van der Waals surface area contributed by atoms with Gasteiger partial charge >= 0.3 is 0 Å². The number of hydrogen-bond donors (Lipinski definition) is 0. The van der Waals surface area contributed by atoms with Gasteiger partial charge in [-0.25, -0.2) is 0 Å². The number of carbonyl (C=O) groups excluding carboxylic acids is 1. The Morgan fingerprint density at radius 2 is 1.94 bits per heavy atom. The average Bonchev–Trinajstić information content (AvgIpc) is 3.45. The van der Waals surface area contributed by atoms with Crippen LogP contribution < -0.4 is 4.74 Å². The van der Waals surface area contributed by atoms with Gasteiger partial charge in [-0.05, 0) is 54.3 Å². The summed E-state index contributed by atoms with van der Waals surface area (Å²) >= 11 is 0. The van der Waals surface area contributed by atoms with Gasteiger partial charge in [-0.3, -0.25) is 9.48 Å². The van der Waals surface area contributed by atoms with Gasteiger partial charge < -0.3 is 14.2 Å². The summed E-state index contributed by atoms with van der Waals surface area (Å²) in [5, 5.41) is 5.76. The standard InChI is InChI=1S/C25H26N4O2/c1-17-12-21(26-28(17)3)15-29(16-22-14-18-6-4-5-7-23(18)27(22)2)25(30)20-8-9-24-19(13-20)10-11-31-24/h4-9,12-14H,10-11,15-16H2,1-3H3. The second-order valence-corrected chi connectivity index (χ2v) is 8.24. The third-order valence-electron chi connectivity index (χ3n) is 6.14. The van der Waals surface area contributed by atoms with E-state index in [2.05, 4.69) is 34.9 Å². The van der Waals surface area contributed by atoms with E-state index in [1.807, 2.05) is 60.0 Å². The van der Waals surface area contributed by atoms with Crippen molar-refractivity contribution in [3.8, 4) is 5.75 Å². The van der Waals surface area contributed by atoms with Crippen molar-refractivity contribution < 1.29 is 9.53 Å². The van der Waals surface area contributed by atoms with Crippen LogP contribution in [0.2, 0.25) is 0 Å². The average molecular weight is 415 g/mol.